The van der Waals surface area contributed by atoms with E-state index in [4.69, 9.17) is 4.74 Å². The standard InChI is InChI=1S/C21H23BrN2O2/c22-17-6-8-18(9-7-17)23-21(25)26-20-16-10-12-24(13-11-16)19(20)14-15-4-2-1-3-5-15/h1-9,16,19-20H,10-14H2,(H,23,25)/t19-,20-/m1/s1. The summed E-state index contributed by atoms with van der Waals surface area (Å²) in [5.74, 6) is 0.462. The van der Waals surface area contributed by atoms with Crippen molar-refractivity contribution in [1.29, 1.82) is 0 Å². The monoisotopic (exact) mass is 414 g/mol. The van der Waals surface area contributed by atoms with E-state index in [0.717, 1.165) is 42.5 Å². The Bertz CT molecular complexity index is 742. The summed E-state index contributed by atoms with van der Waals surface area (Å²) in [5, 5.41) is 2.86. The predicted molar refractivity (Wildman–Crippen MR) is 106 cm³/mol. The van der Waals surface area contributed by atoms with E-state index >= 15 is 0 Å². The van der Waals surface area contributed by atoms with Crippen LogP contribution in [0.5, 0.6) is 0 Å². The Morgan fingerprint density at radius 3 is 2.46 bits per heavy atom. The molecule has 1 amide bonds. The Kier molecular flexibility index (Phi) is 5.27. The molecule has 3 saturated heterocycles. The summed E-state index contributed by atoms with van der Waals surface area (Å²) in [6.07, 6.45) is 2.74. The van der Waals surface area contributed by atoms with Gasteiger partial charge in [0.1, 0.15) is 6.10 Å². The Hall–Kier alpha value is -1.85. The summed E-state index contributed by atoms with van der Waals surface area (Å²) in [7, 11) is 0. The number of hydrogen-bond donors (Lipinski definition) is 1. The lowest BCUT2D eigenvalue weighted by atomic mass is 9.78. The number of halogens is 1. The van der Waals surface area contributed by atoms with Gasteiger partial charge in [0.25, 0.3) is 0 Å². The second-order valence-electron chi connectivity index (χ2n) is 7.13. The minimum atomic E-state index is -0.357. The predicted octanol–water partition coefficient (Wildman–Crippen LogP) is 4.70. The molecule has 0 saturated carbocycles. The van der Waals surface area contributed by atoms with Crippen LogP contribution in [0.15, 0.2) is 59.1 Å². The molecule has 3 fully saturated rings. The number of carbonyl (C=O) groups is 1. The Balaban J connectivity index is 1.45. The molecule has 2 aromatic rings. The highest BCUT2D eigenvalue weighted by Crippen LogP contribution is 2.36. The molecule has 136 valence electrons. The summed E-state index contributed by atoms with van der Waals surface area (Å²) in [6, 6.07) is 18.3. The molecule has 0 aromatic heterocycles. The van der Waals surface area contributed by atoms with Gasteiger partial charge in [-0.3, -0.25) is 10.2 Å². The molecule has 0 spiro atoms. The van der Waals surface area contributed by atoms with Gasteiger partial charge < -0.3 is 4.74 Å². The average Bonchev–Trinajstić information content (AvgIpc) is 2.67. The van der Waals surface area contributed by atoms with Crippen LogP contribution in [0.3, 0.4) is 0 Å². The van der Waals surface area contributed by atoms with Gasteiger partial charge in [-0.1, -0.05) is 46.3 Å². The van der Waals surface area contributed by atoms with Crippen molar-refractivity contribution >= 4 is 27.7 Å². The van der Waals surface area contributed by atoms with Crippen LogP contribution >= 0.6 is 15.9 Å². The normalized spacial score (nSPS) is 27.1. The molecular weight excluding hydrogens is 392 g/mol. The number of amides is 1. The largest absolute Gasteiger partial charge is 0.444 e. The van der Waals surface area contributed by atoms with Gasteiger partial charge in [0.2, 0.25) is 0 Å². The maximum atomic E-state index is 12.5. The van der Waals surface area contributed by atoms with Crippen molar-refractivity contribution < 1.29 is 9.53 Å². The van der Waals surface area contributed by atoms with E-state index in [0.29, 0.717) is 5.92 Å². The Morgan fingerprint density at radius 1 is 1.08 bits per heavy atom. The van der Waals surface area contributed by atoms with Crippen LogP contribution in [0.1, 0.15) is 18.4 Å². The zero-order chi connectivity index (χ0) is 17.9. The van der Waals surface area contributed by atoms with Crippen LogP contribution in [0.25, 0.3) is 0 Å². The van der Waals surface area contributed by atoms with Crippen molar-refractivity contribution in [2.75, 3.05) is 18.4 Å². The lowest BCUT2D eigenvalue weighted by Crippen LogP contribution is -2.60. The average molecular weight is 415 g/mol. The van der Waals surface area contributed by atoms with E-state index < -0.39 is 0 Å². The number of ether oxygens (including phenoxy) is 1. The van der Waals surface area contributed by atoms with Crippen molar-refractivity contribution in [3.8, 4) is 0 Å². The summed E-state index contributed by atoms with van der Waals surface area (Å²) in [4.78, 5) is 15.0. The van der Waals surface area contributed by atoms with E-state index in [1.807, 2.05) is 30.3 Å². The van der Waals surface area contributed by atoms with E-state index in [1.165, 1.54) is 5.56 Å². The van der Waals surface area contributed by atoms with Crippen LogP contribution in [0.2, 0.25) is 0 Å². The lowest BCUT2D eigenvalue weighted by molar-refractivity contribution is -0.0741. The molecule has 5 heteroatoms. The number of anilines is 1. The number of hydrogen-bond acceptors (Lipinski definition) is 3. The summed E-state index contributed by atoms with van der Waals surface area (Å²) in [6.45, 7) is 2.21. The van der Waals surface area contributed by atoms with Gasteiger partial charge in [-0.05, 0) is 62.2 Å². The fourth-order valence-corrected chi connectivity index (χ4v) is 4.45. The number of piperidine rings is 3. The van der Waals surface area contributed by atoms with Crippen molar-refractivity contribution in [1.82, 2.24) is 4.90 Å². The van der Waals surface area contributed by atoms with Crippen molar-refractivity contribution in [2.45, 2.75) is 31.4 Å². The van der Waals surface area contributed by atoms with Crippen LogP contribution in [-0.2, 0) is 11.2 Å². The van der Waals surface area contributed by atoms with Crippen molar-refractivity contribution in [2.24, 2.45) is 5.92 Å². The minimum Gasteiger partial charge on any atom is -0.444 e. The fourth-order valence-electron chi connectivity index (χ4n) is 4.18. The zero-order valence-electron chi connectivity index (χ0n) is 14.6. The summed E-state index contributed by atoms with van der Waals surface area (Å²) >= 11 is 3.40. The molecule has 26 heavy (non-hydrogen) atoms. The maximum Gasteiger partial charge on any atom is 0.411 e. The molecule has 2 bridgehead atoms. The third-order valence-electron chi connectivity index (χ3n) is 5.51. The second kappa shape index (κ2) is 7.80. The fraction of sp³-hybridized carbons (Fsp3) is 0.381. The summed E-state index contributed by atoms with van der Waals surface area (Å²) < 4.78 is 6.92. The van der Waals surface area contributed by atoms with E-state index in [1.54, 1.807) is 0 Å². The van der Waals surface area contributed by atoms with Gasteiger partial charge in [-0.15, -0.1) is 0 Å². The molecule has 0 radical (unpaired) electrons. The number of nitrogens with one attached hydrogen (secondary N) is 1. The molecule has 2 aromatic carbocycles. The van der Waals surface area contributed by atoms with E-state index in [-0.39, 0.29) is 18.2 Å². The minimum absolute atomic E-state index is 0.0480. The third kappa shape index (κ3) is 3.94. The van der Waals surface area contributed by atoms with Gasteiger partial charge in [0.05, 0.1) is 6.04 Å². The third-order valence-corrected chi connectivity index (χ3v) is 6.04. The van der Waals surface area contributed by atoms with Gasteiger partial charge >= 0.3 is 6.09 Å². The molecule has 3 heterocycles. The first-order valence-corrected chi connectivity index (χ1v) is 9.99. The molecule has 1 N–H and O–H groups in total. The zero-order valence-corrected chi connectivity index (χ0v) is 16.2. The number of nitrogens with zero attached hydrogens (tertiary/aromatic N) is 1. The summed E-state index contributed by atoms with van der Waals surface area (Å²) in [5.41, 5.74) is 2.05. The first-order valence-electron chi connectivity index (χ1n) is 9.20. The highest BCUT2D eigenvalue weighted by Gasteiger charge is 2.44. The number of carbonyl (C=O) groups excluding carboxylic acids is 1. The molecule has 2 atom stereocenters. The van der Waals surface area contributed by atoms with Crippen molar-refractivity contribution in [3.63, 3.8) is 0 Å². The lowest BCUT2D eigenvalue weighted by Gasteiger charge is -2.50. The molecule has 0 aliphatic carbocycles. The number of rotatable bonds is 4. The number of benzene rings is 2. The highest BCUT2D eigenvalue weighted by atomic mass is 79.9. The molecular formula is C21H23BrN2O2. The van der Waals surface area contributed by atoms with Crippen LogP contribution < -0.4 is 5.32 Å². The van der Waals surface area contributed by atoms with Crippen LogP contribution in [0.4, 0.5) is 10.5 Å². The van der Waals surface area contributed by atoms with Crippen LogP contribution in [0, 0.1) is 5.92 Å². The first kappa shape index (κ1) is 17.6. The van der Waals surface area contributed by atoms with Crippen molar-refractivity contribution in [3.05, 3.63) is 64.6 Å². The molecule has 0 unspecified atom stereocenters. The van der Waals surface area contributed by atoms with E-state index in [2.05, 4.69) is 50.4 Å². The van der Waals surface area contributed by atoms with Gasteiger partial charge in [0, 0.05) is 16.1 Å². The smallest absolute Gasteiger partial charge is 0.411 e. The van der Waals surface area contributed by atoms with Gasteiger partial charge in [-0.2, -0.15) is 0 Å². The first-order chi connectivity index (χ1) is 12.7. The Morgan fingerprint density at radius 2 is 1.77 bits per heavy atom. The molecule has 3 aliphatic heterocycles. The topological polar surface area (TPSA) is 41.6 Å². The van der Waals surface area contributed by atoms with Gasteiger partial charge in [-0.25, -0.2) is 4.79 Å². The highest BCUT2D eigenvalue weighted by molar-refractivity contribution is 9.10. The maximum absolute atomic E-state index is 12.5. The Labute approximate surface area is 162 Å². The molecule has 4 nitrogen and oxygen atoms in total. The van der Waals surface area contributed by atoms with Gasteiger partial charge in [0.15, 0.2) is 0 Å². The SMILES string of the molecule is O=C(Nc1ccc(Br)cc1)O[C@@H]1C2CCN(CC2)[C@@H]1Cc1ccccc1. The quantitative estimate of drug-likeness (QED) is 0.787. The molecule has 5 rings (SSSR count). The van der Waals surface area contributed by atoms with E-state index in [9.17, 15) is 4.79 Å². The van der Waals surface area contributed by atoms with Crippen LogP contribution in [-0.4, -0.2) is 36.2 Å². The number of fused-ring (bicyclic) bond motifs is 3. The second-order valence-corrected chi connectivity index (χ2v) is 8.05. The molecule has 3 aliphatic rings.